The van der Waals surface area contributed by atoms with Gasteiger partial charge >= 0.3 is 6.18 Å². The number of pyridine rings is 1. The summed E-state index contributed by atoms with van der Waals surface area (Å²) in [5.74, 6) is 0. The van der Waals surface area contributed by atoms with Gasteiger partial charge in [0.05, 0.1) is 21.8 Å². The summed E-state index contributed by atoms with van der Waals surface area (Å²) in [4.78, 5) is 19.9. The zero-order valence-corrected chi connectivity index (χ0v) is 18.7. The predicted octanol–water partition coefficient (Wildman–Crippen LogP) is 4.88. The zero-order chi connectivity index (χ0) is 23.2. The Morgan fingerprint density at radius 2 is 1.82 bits per heavy atom. The second-order valence-corrected chi connectivity index (χ2v) is 9.05. The third-order valence-electron chi connectivity index (χ3n) is 6.48. The molecule has 5 rings (SSSR count). The number of hydrogen-bond donors (Lipinski definition) is 2. The van der Waals surface area contributed by atoms with Crippen LogP contribution in [0, 0.1) is 0 Å². The van der Waals surface area contributed by atoms with Crippen LogP contribution in [0.3, 0.4) is 0 Å². The molecule has 0 amide bonds. The summed E-state index contributed by atoms with van der Waals surface area (Å²) in [7, 11) is 0. The second kappa shape index (κ2) is 8.57. The van der Waals surface area contributed by atoms with Crippen LogP contribution in [0.25, 0.3) is 10.9 Å². The van der Waals surface area contributed by atoms with E-state index in [0.29, 0.717) is 18.8 Å². The summed E-state index contributed by atoms with van der Waals surface area (Å²) in [6.07, 6.45) is -2.69. The number of halogens is 4. The van der Waals surface area contributed by atoms with Crippen molar-refractivity contribution in [3.63, 3.8) is 0 Å². The zero-order valence-electron chi connectivity index (χ0n) is 17.9. The van der Waals surface area contributed by atoms with E-state index in [-0.39, 0.29) is 10.6 Å². The molecule has 3 heterocycles. The lowest BCUT2D eigenvalue weighted by Gasteiger charge is -2.36. The summed E-state index contributed by atoms with van der Waals surface area (Å²) in [5, 5.41) is 4.14. The maximum atomic E-state index is 13.0. The lowest BCUT2D eigenvalue weighted by Crippen LogP contribution is -2.46. The van der Waals surface area contributed by atoms with Crippen LogP contribution in [0.4, 0.5) is 24.5 Å². The lowest BCUT2D eigenvalue weighted by atomic mass is 10.0. The van der Waals surface area contributed by atoms with Crippen molar-refractivity contribution in [1.29, 1.82) is 0 Å². The molecule has 1 aromatic heterocycles. The van der Waals surface area contributed by atoms with Gasteiger partial charge in [0.1, 0.15) is 0 Å². The Labute approximate surface area is 194 Å². The number of H-pyrrole nitrogens is 1. The fourth-order valence-electron chi connectivity index (χ4n) is 4.76. The smallest absolute Gasteiger partial charge is 0.384 e. The predicted molar refractivity (Wildman–Crippen MR) is 125 cm³/mol. The van der Waals surface area contributed by atoms with Crippen molar-refractivity contribution in [2.24, 2.45) is 0 Å². The van der Waals surface area contributed by atoms with Crippen molar-refractivity contribution in [3.8, 4) is 0 Å². The Bertz CT molecular complexity index is 1250. The molecular formula is C24H24ClF3N4O. The average Bonchev–Trinajstić information content (AvgIpc) is 2.79. The maximum Gasteiger partial charge on any atom is 0.417 e. The lowest BCUT2D eigenvalue weighted by molar-refractivity contribution is -0.137. The normalized spacial score (nSPS) is 17.2. The fourth-order valence-corrected chi connectivity index (χ4v) is 5.04. The molecule has 33 heavy (non-hydrogen) atoms. The van der Waals surface area contributed by atoms with Gasteiger partial charge in [-0.05, 0) is 42.7 Å². The molecule has 3 aromatic rings. The fraction of sp³-hybridized carbons (Fsp3) is 0.375. The Hall–Kier alpha value is -2.71. The van der Waals surface area contributed by atoms with Gasteiger partial charge in [0.2, 0.25) is 0 Å². The molecule has 174 valence electrons. The van der Waals surface area contributed by atoms with Gasteiger partial charge in [-0.2, -0.15) is 13.2 Å². The first-order valence-corrected chi connectivity index (χ1v) is 11.4. The van der Waals surface area contributed by atoms with Gasteiger partial charge in [0, 0.05) is 55.9 Å². The third-order valence-corrected chi connectivity index (χ3v) is 6.80. The largest absolute Gasteiger partial charge is 0.417 e. The first kappa shape index (κ1) is 22.1. The summed E-state index contributed by atoms with van der Waals surface area (Å²) in [6, 6.07) is 10.1. The van der Waals surface area contributed by atoms with Crippen molar-refractivity contribution >= 4 is 33.9 Å². The van der Waals surface area contributed by atoms with Gasteiger partial charge in [-0.25, -0.2) is 0 Å². The minimum Gasteiger partial charge on any atom is -0.384 e. The van der Waals surface area contributed by atoms with Gasteiger partial charge in [-0.3, -0.25) is 9.69 Å². The van der Waals surface area contributed by atoms with Crippen molar-refractivity contribution < 1.29 is 13.2 Å². The highest BCUT2D eigenvalue weighted by Gasteiger charge is 2.33. The first-order valence-electron chi connectivity index (χ1n) is 11.1. The van der Waals surface area contributed by atoms with Crippen LogP contribution < -0.4 is 15.8 Å². The number of aromatic amines is 1. The van der Waals surface area contributed by atoms with Crippen LogP contribution in [-0.4, -0.2) is 42.6 Å². The molecule has 1 saturated heterocycles. The van der Waals surface area contributed by atoms with Crippen molar-refractivity contribution in [2.75, 3.05) is 42.9 Å². The van der Waals surface area contributed by atoms with E-state index < -0.39 is 11.7 Å². The van der Waals surface area contributed by atoms with Gasteiger partial charge in [-0.15, -0.1) is 0 Å². The minimum atomic E-state index is -4.45. The summed E-state index contributed by atoms with van der Waals surface area (Å²) in [6.45, 7) is 4.57. The highest BCUT2D eigenvalue weighted by atomic mass is 35.5. The second-order valence-electron chi connectivity index (χ2n) is 8.64. The Morgan fingerprint density at radius 3 is 2.55 bits per heavy atom. The van der Waals surface area contributed by atoms with Crippen LogP contribution in [0.15, 0.2) is 41.2 Å². The number of rotatable bonds is 3. The molecule has 9 heteroatoms. The van der Waals surface area contributed by atoms with Crippen molar-refractivity contribution in [2.45, 2.75) is 25.6 Å². The average molecular weight is 477 g/mol. The molecular weight excluding hydrogens is 453 g/mol. The number of aromatic nitrogens is 1. The quantitative estimate of drug-likeness (QED) is 0.565. The first-order chi connectivity index (χ1) is 15.8. The third kappa shape index (κ3) is 4.42. The van der Waals surface area contributed by atoms with Crippen LogP contribution in [0.2, 0.25) is 5.02 Å². The minimum absolute atomic E-state index is 0.0225. The SMILES string of the molecule is O=c1[nH]c2cc(CN3CCN(c4ccc(C(F)(F)F)c(Cl)c4)CC3)ccc2c2c1CCCN2. The molecule has 0 bridgehead atoms. The van der Waals surface area contributed by atoms with Gasteiger partial charge in [0.15, 0.2) is 0 Å². The van der Waals surface area contributed by atoms with E-state index in [1.165, 1.54) is 12.1 Å². The van der Waals surface area contributed by atoms with E-state index in [2.05, 4.69) is 32.2 Å². The molecule has 0 spiro atoms. The van der Waals surface area contributed by atoms with Crippen LogP contribution >= 0.6 is 11.6 Å². The molecule has 0 unspecified atom stereocenters. The standard InChI is InChI=1S/C24H24ClF3N4O/c25-20-13-16(4-6-19(20)24(26,27)28)32-10-8-31(9-11-32)14-15-3-5-17-21(12-15)30-23(33)18-2-1-7-29-22(17)18/h3-6,12-13,29H,1-2,7-11,14H2,(H,30,33). The van der Waals surface area contributed by atoms with Gasteiger partial charge < -0.3 is 15.2 Å². The Kier molecular flexibility index (Phi) is 5.74. The van der Waals surface area contributed by atoms with E-state index in [1.54, 1.807) is 0 Å². The number of fused-ring (bicyclic) bond motifs is 3. The number of nitrogens with one attached hydrogen (secondary N) is 2. The van der Waals surface area contributed by atoms with E-state index >= 15 is 0 Å². The van der Waals surface area contributed by atoms with E-state index in [4.69, 9.17) is 11.6 Å². The molecule has 0 atom stereocenters. The Balaban J connectivity index is 1.27. The summed E-state index contributed by atoms with van der Waals surface area (Å²) < 4.78 is 38.9. The molecule has 2 aliphatic rings. The number of piperazine rings is 1. The number of benzene rings is 2. The summed E-state index contributed by atoms with van der Waals surface area (Å²) >= 11 is 5.89. The molecule has 1 fully saturated rings. The van der Waals surface area contributed by atoms with Gasteiger partial charge in [0.25, 0.3) is 5.56 Å². The molecule has 5 nitrogen and oxygen atoms in total. The molecule has 0 radical (unpaired) electrons. The monoisotopic (exact) mass is 476 g/mol. The van der Waals surface area contributed by atoms with E-state index in [1.807, 2.05) is 6.07 Å². The number of anilines is 2. The van der Waals surface area contributed by atoms with Crippen molar-refractivity contribution in [3.05, 3.63) is 68.5 Å². The topological polar surface area (TPSA) is 51.4 Å². The highest BCUT2D eigenvalue weighted by Crippen LogP contribution is 2.36. The molecule has 0 saturated carbocycles. The van der Waals surface area contributed by atoms with Gasteiger partial charge in [-0.1, -0.05) is 23.7 Å². The number of hydrogen-bond acceptors (Lipinski definition) is 4. The molecule has 2 N–H and O–H groups in total. The van der Waals surface area contributed by atoms with Crippen LogP contribution in [0.5, 0.6) is 0 Å². The highest BCUT2D eigenvalue weighted by molar-refractivity contribution is 6.31. The summed E-state index contributed by atoms with van der Waals surface area (Å²) in [5.41, 5.74) is 3.61. The number of nitrogens with zero attached hydrogens (tertiary/aromatic N) is 2. The van der Waals surface area contributed by atoms with Crippen molar-refractivity contribution in [1.82, 2.24) is 9.88 Å². The van der Waals surface area contributed by atoms with E-state index in [0.717, 1.165) is 72.8 Å². The maximum absolute atomic E-state index is 13.0. The number of alkyl halides is 3. The molecule has 0 aliphatic carbocycles. The van der Waals surface area contributed by atoms with E-state index in [9.17, 15) is 18.0 Å². The Morgan fingerprint density at radius 1 is 1.03 bits per heavy atom. The molecule has 2 aliphatic heterocycles. The van der Waals surface area contributed by atoms with Crippen LogP contribution in [0.1, 0.15) is 23.1 Å². The molecule has 2 aromatic carbocycles. The van der Waals surface area contributed by atoms with Crippen LogP contribution in [-0.2, 0) is 19.1 Å².